The van der Waals surface area contributed by atoms with Gasteiger partial charge in [-0.1, -0.05) is 48.5 Å². The average Bonchev–Trinajstić information content (AvgIpc) is 3.20. The highest BCUT2D eigenvalue weighted by Crippen LogP contribution is 2.52. The van der Waals surface area contributed by atoms with Crippen LogP contribution in [0.25, 0.3) is 11.1 Å². The van der Waals surface area contributed by atoms with E-state index in [-0.39, 0.29) is 48.0 Å². The van der Waals surface area contributed by atoms with Crippen LogP contribution in [0.1, 0.15) is 27.7 Å². The van der Waals surface area contributed by atoms with Crippen molar-refractivity contribution in [1.82, 2.24) is 20.1 Å². The van der Waals surface area contributed by atoms with Crippen LogP contribution in [0.15, 0.2) is 48.5 Å². The Hall–Kier alpha value is -4.21. The number of carbonyl (C=O) groups excluding carboxylic acids is 2. The molecule has 1 aliphatic heterocycles. The van der Waals surface area contributed by atoms with E-state index in [0.717, 1.165) is 22.3 Å². The van der Waals surface area contributed by atoms with Gasteiger partial charge in [0.15, 0.2) is 0 Å². The highest BCUT2D eigenvalue weighted by molar-refractivity contribution is 5.92. The van der Waals surface area contributed by atoms with E-state index in [1.54, 1.807) is 4.90 Å². The van der Waals surface area contributed by atoms with Gasteiger partial charge in [0, 0.05) is 19.0 Å². The Kier molecular flexibility index (Phi) is 4.61. The molecule has 0 radical (unpaired) electrons. The van der Waals surface area contributed by atoms with Crippen LogP contribution in [-0.2, 0) is 9.53 Å². The van der Waals surface area contributed by atoms with E-state index < -0.39 is 12.1 Å². The fourth-order valence-electron chi connectivity index (χ4n) is 5.35. The maximum Gasteiger partial charge on any atom is 0.414 e. The number of aromatic amines is 1. The molecule has 10 nitrogen and oxygen atoms in total. The molecule has 2 atom stereocenters. The van der Waals surface area contributed by atoms with Crippen molar-refractivity contribution in [2.24, 2.45) is 17.8 Å². The molecule has 3 aliphatic rings. The van der Waals surface area contributed by atoms with Gasteiger partial charge in [0.2, 0.25) is 5.82 Å². The summed E-state index contributed by atoms with van der Waals surface area (Å²) in [6.45, 7) is 0.921. The Labute approximate surface area is 193 Å². The number of ether oxygens (including phenoxy) is 1. The number of rotatable bonds is 5. The SMILES string of the molecule is O=C(Nc1n[nH]c(C(=O)N2CC3C(C2)C3C(=O)O)n1)OCC1c2ccccc2-c2ccccc21. The van der Waals surface area contributed by atoms with Gasteiger partial charge in [-0.3, -0.25) is 20.0 Å². The Morgan fingerprint density at radius 1 is 1.03 bits per heavy atom. The number of carboxylic acid groups (broad SMARTS) is 1. The summed E-state index contributed by atoms with van der Waals surface area (Å²) < 4.78 is 5.47. The molecule has 1 saturated carbocycles. The molecule has 6 rings (SSSR count). The van der Waals surface area contributed by atoms with Crippen molar-refractivity contribution >= 4 is 23.9 Å². The number of likely N-dealkylation sites (tertiary alicyclic amines) is 1. The normalized spacial score (nSPS) is 22.0. The molecule has 2 fully saturated rings. The first-order valence-corrected chi connectivity index (χ1v) is 11.1. The van der Waals surface area contributed by atoms with Crippen molar-refractivity contribution in [3.05, 3.63) is 65.5 Å². The van der Waals surface area contributed by atoms with Gasteiger partial charge in [0.1, 0.15) is 6.61 Å². The minimum Gasteiger partial charge on any atom is -0.481 e. The second-order valence-electron chi connectivity index (χ2n) is 8.86. The standard InChI is InChI=1S/C24H21N5O5/c30-21(29-9-16-17(10-29)19(16)22(31)32)20-25-23(28-27-20)26-24(33)34-11-18-14-7-3-1-5-12(14)13-6-2-4-8-15(13)18/h1-8,16-19H,9-11H2,(H,31,32)(H2,25,26,27,28,33). The van der Waals surface area contributed by atoms with Crippen molar-refractivity contribution in [2.45, 2.75) is 5.92 Å². The Morgan fingerprint density at radius 2 is 1.65 bits per heavy atom. The largest absolute Gasteiger partial charge is 0.481 e. The van der Waals surface area contributed by atoms with Crippen LogP contribution in [0.3, 0.4) is 0 Å². The number of H-pyrrole nitrogens is 1. The third kappa shape index (κ3) is 3.30. The summed E-state index contributed by atoms with van der Waals surface area (Å²) in [5.41, 5.74) is 4.49. The summed E-state index contributed by atoms with van der Waals surface area (Å²) in [7, 11) is 0. The summed E-state index contributed by atoms with van der Waals surface area (Å²) >= 11 is 0. The summed E-state index contributed by atoms with van der Waals surface area (Å²) in [4.78, 5) is 41.7. The van der Waals surface area contributed by atoms with Gasteiger partial charge in [-0.15, -0.1) is 5.10 Å². The van der Waals surface area contributed by atoms with Crippen LogP contribution in [0.2, 0.25) is 0 Å². The van der Waals surface area contributed by atoms with Gasteiger partial charge >= 0.3 is 12.1 Å². The van der Waals surface area contributed by atoms with Gasteiger partial charge in [0.05, 0.1) is 5.92 Å². The van der Waals surface area contributed by atoms with Crippen LogP contribution in [-0.4, -0.2) is 62.9 Å². The van der Waals surface area contributed by atoms with E-state index in [4.69, 9.17) is 9.84 Å². The first kappa shape index (κ1) is 20.4. The molecule has 1 aromatic heterocycles. The van der Waals surface area contributed by atoms with Gasteiger partial charge in [-0.05, 0) is 34.1 Å². The van der Waals surface area contributed by atoms with E-state index in [1.807, 2.05) is 36.4 Å². The summed E-state index contributed by atoms with van der Waals surface area (Å²) in [6.07, 6.45) is -0.716. The summed E-state index contributed by atoms with van der Waals surface area (Å²) in [5.74, 6) is -1.68. The highest BCUT2D eigenvalue weighted by Gasteiger charge is 2.60. The third-order valence-electron chi connectivity index (χ3n) is 7.01. The number of amides is 2. The highest BCUT2D eigenvalue weighted by atomic mass is 16.5. The van der Waals surface area contributed by atoms with Crippen molar-refractivity contribution in [1.29, 1.82) is 0 Å². The Balaban J connectivity index is 1.06. The summed E-state index contributed by atoms with van der Waals surface area (Å²) in [5, 5.41) is 18.0. The molecule has 0 spiro atoms. The lowest BCUT2D eigenvalue weighted by Gasteiger charge is -2.17. The maximum absolute atomic E-state index is 12.6. The number of aliphatic carboxylic acids is 1. The van der Waals surface area contributed by atoms with E-state index in [0.29, 0.717) is 13.1 Å². The van der Waals surface area contributed by atoms with Crippen LogP contribution >= 0.6 is 0 Å². The molecule has 2 unspecified atom stereocenters. The van der Waals surface area contributed by atoms with Gasteiger partial charge in [0.25, 0.3) is 11.9 Å². The van der Waals surface area contributed by atoms with Crippen LogP contribution < -0.4 is 5.32 Å². The molecule has 172 valence electrons. The van der Waals surface area contributed by atoms with Gasteiger partial charge < -0.3 is 14.7 Å². The molecule has 10 heteroatoms. The zero-order valence-electron chi connectivity index (χ0n) is 18.0. The minimum atomic E-state index is -0.809. The van der Waals surface area contributed by atoms with Crippen molar-refractivity contribution < 1.29 is 24.2 Å². The molecule has 2 aliphatic carbocycles. The predicted octanol–water partition coefficient (Wildman–Crippen LogP) is 2.57. The lowest BCUT2D eigenvalue weighted by Crippen LogP contribution is -2.33. The van der Waals surface area contributed by atoms with Crippen LogP contribution in [0.4, 0.5) is 10.7 Å². The van der Waals surface area contributed by atoms with Crippen molar-refractivity contribution in [3.8, 4) is 11.1 Å². The number of fused-ring (bicyclic) bond motifs is 4. The number of benzene rings is 2. The number of anilines is 1. The second kappa shape index (κ2) is 7.68. The van der Waals surface area contributed by atoms with E-state index in [9.17, 15) is 14.4 Å². The monoisotopic (exact) mass is 459 g/mol. The first-order chi connectivity index (χ1) is 16.5. The number of carbonyl (C=O) groups is 3. The average molecular weight is 459 g/mol. The van der Waals surface area contributed by atoms with Crippen LogP contribution in [0, 0.1) is 17.8 Å². The lowest BCUT2D eigenvalue weighted by molar-refractivity contribution is -0.139. The molecule has 34 heavy (non-hydrogen) atoms. The zero-order chi connectivity index (χ0) is 23.4. The smallest absolute Gasteiger partial charge is 0.414 e. The molecule has 0 bridgehead atoms. The number of hydrogen-bond donors (Lipinski definition) is 3. The topological polar surface area (TPSA) is 138 Å². The first-order valence-electron chi connectivity index (χ1n) is 11.1. The molecule has 2 amide bonds. The minimum absolute atomic E-state index is 0.00259. The maximum atomic E-state index is 12.6. The van der Waals surface area contributed by atoms with E-state index in [2.05, 4.69) is 32.6 Å². The summed E-state index contributed by atoms with van der Waals surface area (Å²) in [6, 6.07) is 16.1. The number of carboxylic acids is 1. The number of aromatic nitrogens is 3. The van der Waals surface area contributed by atoms with E-state index >= 15 is 0 Å². The second-order valence-corrected chi connectivity index (χ2v) is 8.86. The molecular formula is C24H21N5O5. The van der Waals surface area contributed by atoms with Gasteiger partial charge in [-0.2, -0.15) is 4.98 Å². The predicted molar refractivity (Wildman–Crippen MR) is 119 cm³/mol. The fourth-order valence-corrected chi connectivity index (χ4v) is 5.35. The van der Waals surface area contributed by atoms with Gasteiger partial charge in [-0.25, -0.2) is 4.79 Å². The molecule has 2 aromatic carbocycles. The Bertz CT molecular complexity index is 1260. The number of nitrogens with zero attached hydrogens (tertiary/aromatic N) is 3. The molecular weight excluding hydrogens is 438 g/mol. The fraction of sp³-hybridized carbons (Fsp3) is 0.292. The molecule has 3 aromatic rings. The number of nitrogens with one attached hydrogen (secondary N) is 2. The van der Waals surface area contributed by atoms with Crippen LogP contribution in [0.5, 0.6) is 0 Å². The number of piperidine rings is 1. The Morgan fingerprint density at radius 3 is 2.26 bits per heavy atom. The molecule has 1 saturated heterocycles. The zero-order valence-corrected chi connectivity index (χ0v) is 18.0. The molecule has 3 N–H and O–H groups in total. The third-order valence-corrected chi connectivity index (χ3v) is 7.01. The lowest BCUT2D eigenvalue weighted by atomic mass is 9.98. The molecule has 2 heterocycles. The van der Waals surface area contributed by atoms with E-state index in [1.165, 1.54) is 0 Å². The van der Waals surface area contributed by atoms with Crippen molar-refractivity contribution in [2.75, 3.05) is 25.0 Å². The quantitative estimate of drug-likeness (QED) is 0.533. The number of hydrogen-bond acceptors (Lipinski definition) is 6. The van der Waals surface area contributed by atoms with Crippen molar-refractivity contribution in [3.63, 3.8) is 0 Å².